The zero-order valence-electron chi connectivity index (χ0n) is 8.32. The first-order valence-electron chi connectivity index (χ1n) is 4.22. The number of aliphatic hydroxyl groups is 1. The summed E-state index contributed by atoms with van der Waals surface area (Å²) in [6, 6.07) is 2.31. The summed E-state index contributed by atoms with van der Waals surface area (Å²) in [5.74, 6) is -1.92. The van der Waals surface area contributed by atoms with E-state index < -0.39 is 17.9 Å². The van der Waals surface area contributed by atoms with Gasteiger partial charge in [0.2, 0.25) is 0 Å². The minimum Gasteiger partial charge on any atom is -0.496 e. The lowest BCUT2D eigenvalue weighted by Crippen LogP contribution is -2.12. The standard InChI is InChI=1S/C10H11FO4/c1-5-3-7(11)6(4-8(5)15-2)9(12)10(13)14/h3-4,9,12H,1-2H3,(H,13,14). The molecule has 1 unspecified atom stereocenters. The Morgan fingerprint density at radius 2 is 2.13 bits per heavy atom. The van der Waals surface area contributed by atoms with Gasteiger partial charge in [0, 0.05) is 5.56 Å². The van der Waals surface area contributed by atoms with Gasteiger partial charge in [-0.05, 0) is 24.6 Å². The third kappa shape index (κ3) is 2.24. The largest absolute Gasteiger partial charge is 0.496 e. The van der Waals surface area contributed by atoms with E-state index in [1.165, 1.54) is 13.2 Å². The number of halogens is 1. The summed E-state index contributed by atoms with van der Waals surface area (Å²) in [6.45, 7) is 1.62. The summed E-state index contributed by atoms with van der Waals surface area (Å²) in [5.41, 5.74) is 0.237. The van der Waals surface area contributed by atoms with Gasteiger partial charge in [0.05, 0.1) is 7.11 Å². The lowest BCUT2D eigenvalue weighted by Gasteiger charge is -2.11. The molecule has 0 aliphatic carbocycles. The Hall–Kier alpha value is -1.62. The fraction of sp³-hybridized carbons (Fsp3) is 0.300. The van der Waals surface area contributed by atoms with Crippen molar-refractivity contribution >= 4 is 5.97 Å². The number of aryl methyl sites for hydroxylation is 1. The van der Waals surface area contributed by atoms with Crippen molar-refractivity contribution in [1.82, 2.24) is 0 Å². The maximum Gasteiger partial charge on any atom is 0.337 e. The lowest BCUT2D eigenvalue weighted by atomic mass is 10.1. The van der Waals surface area contributed by atoms with Crippen molar-refractivity contribution < 1.29 is 24.1 Å². The number of carbonyl (C=O) groups is 1. The molecule has 15 heavy (non-hydrogen) atoms. The van der Waals surface area contributed by atoms with E-state index >= 15 is 0 Å². The topological polar surface area (TPSA) is 66.8 Å². The zero-order chi connectivity index (χ0) is 11.6. The quantitative estimate of drug-likeness (QED) is 0.794. The number of hydrogen-bond acceptors (Lipinski definition) is 3. The van der Waals surface area contributed by atoms with Crippen LogP contribution in [-0.4, -0.2) is 23.3 Å². The Kier molecular flexibility index (Phi) is 3.26. The van der Waals surface area contributed by atoms with Crippen LogP contribution in [0.5, 0.6) is 5.75 Å². The van der Waals surface area contributed by atoms with E-state index in [9.17, 15) is 14.3 Å². The average molecular weight is 214 g/mol. The molecule has 0 amide bonds. The average Bonchev–Trinajstić information content (AvgIpc) is 2.17. The van der Waals surface area contributed by atoms with Crippen LogP contribution in [0.2, 0.25) is 0 Å². The fourth-order valence-corrected chi connectivity index (χ4v) is 1.23. The fourth-order valence-electron chi connectivity index (χ4n) is 1.23. The van der Waals surface area contributed by atoms with Crippen molar-refractivity contribution in [2.75, 3.05) is 7.11 Å². The highest BCUT2D eigenvalue weighted by atomic mass is 19.1. The van der Waals surface area contributed by atoms with Gasteiger partial charge in [0.25, 0.3) is 0 Å². The molecular weight excluding hydrogens is 203 g/mol. The Morgan fingerprint density at radius 3 is 2.60 bits per heavy atom. The third-order valence-electron chi connectivity index (χ3n) is 2.04. The molecule has 0 aromatic heterocycles. The molecule has 0 aliphatic rings. The number of benzene rings is 1. The van der Waals surface area contributed by atoms with Crippen molar-refractivity contribution in [3.05, 3.63) is 29.1 Å². The van der Waals surface area contributed by atoms with Crippen LogP contribution in [0.15, 0.2) is 12.1 Å². The van der Waals surface area contributed by atoms with Gasteiger partial charge in [-0.25, -0.2) is 9.18 Å². The van der Waals surface area contributed by atoms with E-state index in [4.69, 9.17) is 9.84 Å². The van der Waals surface area contributed by atoms with Crippen LogP contribution in [0.4, 0.5) is 4.39 Å². The summed E-state index contributed by atoms with van der Waals surface area (Å²) in [4.78, 5) is 10.5. The first kappa shape index (κ1) is 11.5. The first-order valence-corrected chi connectivity index (χ1v) is 4.22. The van der Waals surface area contributed by atoms with Crippen LogP contribution >= 0.6 is 0 Å². The highest BCUT2D eigenvalue weighted by Gasteiger charge is 2.21. The number of hydrogen-bond donors (Lipinski definition) is 2. The van der Waals surface area contributed by atoms with E-state index in [1.807, 2.05) is 0 Å². The van der Waals surface area contributed by atoms with Crippen molar-refractivity contribution in [3.63, 3.8) is 0 Å². The highest BCUT2D eigenvalue weighted by molar-refractivity contribution is 5.74. The summed E-state index contributed by atoms with van der Waals surface area (Å²) >= 11 is 0. The summed E-state index contributed by atoms with van der Waals surface area (Å²) in [7, 11) is 1.39. The molecule has 0 saturated heterocycles. The molecule has 0 radical (unpaired) electrons. The van der Waals surface area contributed by atoms with Crippen LogP contribution in [0.25, 0.3) is 0 Å². The Balaban J connectivity index is 3.24. The number of aliphatic hydroxyl groups excluding tert-OH is 1. The Labute approximate surface area is 85.9 Å². The van der Waals surface area contributed by atoms with Gasteiger partial charge in [0.1, 0.15) is 11.6 Å². The number of rotatable bonds is 3. The lowest BCUT2D eigenvalue weighted by molar-refractivity contribution is -0.147. The van der Waals surface area contributed by atoms with Gasteiger partial charge in [-0.15, -0.1) is 0 Å². The van der Waals surface area contributed by atoms with Gasteiger partial charge in [-0.3, -0.25) is 0 Å². The Morgan fingerprint density at radius 1 is 1.53 bits per heavy atom. The number of carboxylic acid groups (broad SMARTS) is 1. The van der Waals surface area contributed by atoms with Gasteiger partial charge < -0.3 is 14.9 Å². The minimum absolute atomic E-state index is 0.301. The van der Waals surface area contributed by atoms with Gasteiger partial charge in [-0.1, -0.05) is 0 Å². The molecule has 0 heterocycles. The normalized spacial score (nSPS) is 12.3. The molecule has 2 N–H and O–H groups in total. The smallest absolute Gasteiger partial charge is 0.337 e. The summed E-state index contributed by atoms with van der Waals surface area (Å²) in [5, 5.41) is 17.7. The SMILES string of the molecule is COc1cc(C(O)C(=O)O)c(F)cc1C. The van der Waals surface area contributed by atoms with Gasteiger partial charge in [0.15, 0.2) is 6.10 Å². The molecule has 1 atom stereocenters. The molecule has 0 fully saturated rings. The van der Waals surface area contributed by atoms with E-state index in [2.05, 4.69) is 0 Å². The number of methoxy groups -OCH3 is 1. The van der Waals surface area contributed by atoms with E-state index in [1.54, 1.807) is 6.92 Å². The van der Waals surface area contributed by atoms with Crippen molar-refractivity contribution in [3.8, 4) is 5.75 Å². The van der Waals surface area contributed by atoms with E-state index in [-0.39, 0.29) is 5.56 Å². The van der Waals surface area contributed by atoms with Crippen LogP contribution < -0.4 is 4.74 Å². The van der Waals surface area contributed by atoms with E-state index in [0.29, 0.717) is 11.3 Å². The molecular formula is C10H11FO4. The Bertz CT molecular complexity index is 389. The molecule has 1 rings (SSSR count). The molecule has 4 nitrogen and oxygen atoms in total. The maximum absolute atomic E-state index is 13.3. The number of ether oxygens (including phenoxy) is 1. The second-order valence-corrected chi connectivity index (χ2v) is 3.08. The van der Waals surface area contributed by atoms with Crippen LogP contribution in [0, 0.1) is 12.7 Å². The highest BCUT2D eigenvalue weighted by Crippen LogP contribution is 2.26. The van der Waals surface area contributed by atoms with Crippen molar-refractivity contribution in [2.24, 2.45) is 0 Å². The predicted octanol–water partition coefficient (Wildman–Crippen LogP) is 1.26. The van der Waals surface area contributed by atoms with E-state index in [0.717, 1.165) is 6.07 Å². The zero-order valence-corrected chi connectivity index (χ0v) is 8.32. The van der Waals surface area contributed by atoms with Gasteiger partial charge in [-0.2, -0.15) is 0 Å². The monoisotopic (exact) mass is 214 g/mol. The summed E-state index contributed by atoms with van der Waals surface area (Å²) in [6.07, 6.45) is -1.88. The molecule has 1 aromatic rings. The van der Waals surface area contributed by atoms with Crippen molar-refractivity contribution in [2.45, 2.75) is 13.0 Å². The summed E-state index contributed by atoms with van der Waals surface area (Å²) < 4.78 is 18.2. The van der Waals surface area contributed by atoms with Crippen molar-refractivity contribution in [1.29, 1.82) is 0 Å². The number of carboxylic acids is 1. The molecule has 0 spiro atoms. The van der Waals surface area contributed by atoms with Crippen LogP contribution in [0.1, 0.15) is 17.2 Å². The van der Waals surface area contributed by atoms with Gasteiger partial charge >= 0.3 is 5.97 Å². The predicted molar refractivity (Wildman–Crippen MR) is 50.3 cm³/mol. The minimum atomic E-state index is -1.88. The maximum atomic E-state index is 13.3. The second-order valence-electron chi connectivity index (χ2n) is 3.08. The molecule has 0 saturated carbocycles. The molecule has 1 aromatic carbocycles. The molecule has 0 bridgehead atoms. The van der Waals surface area contributed by atoms with Crippen LogP contribution in [0.3, 0.4) is 0 Å². The first-order chi connectivity index (χ1) is 6.97. The second kappa shape index (κ2) is 4.27. The van der Waals surface area contributed by atoms with Crippen LogP contribution in [-0.2, 0) is 4.79 Å². The molecule has 5 heteroatoms. The molecule has 82 valence electrons. The third-order valence-corrected chi connectivity index (χ3v) is 2.04. The molecule has 0 aliphatic heterocycles. The number of aliphatic carboxylic acids is 1.